The molecule has 178 valence electrons. The maximum atomic E-state index is 13.6. The molecule has 3 N–H and O–H groups in total. The number of carbonyl (C=O) groups excluding carboxylic acids is 2. The number of aryl methyl sites for hydroxylation is 1. The van der Waals surface area contributed by atoms with E-state index >= 15 is 0 Å². The van der Waals surface area contributed by atoms with E-state index in [-0.39, 0.29) is 27.3 Å². The van der Waals surface area contributed by atoms with Gasteiger partial charge in [0.15, 0.2) is 11.6 Å². The topological polar surface area (TPSA) is 104 Å². The Morgan fingerprint density at radius 2 is 1.50 bits per heavy atom. The van der Waals surface area contributed by atoms with Crippen molar-refractivity contribution in [3.05, 3.63) is 94.8 Å². The second-order valence-corrected chi connectivity index (χ2v) is 8.97. The van der Waals surface area contributed by atoms with Gasteiger partial charge in [0.25, 0.3) is 15.9 Å². The van der Waals surface area contributed by atoms with Crippen molar-refractivity contribution in [1.29, 1.82) is 0 Å². The van der Waals surface area contributed by atoms with Gasteiger partial charge < -0.3 is 10.6 Å². The van der Waals surface area contributed by atoms with E-state index in [4.69, 9.17) is 0 Å². The normalized spacial score (nSPS) is 12.0. The van der Waals surface area contributed by atoms with E-state index in [0.717, 1.165) is 24.3 Å². The molecule has 7 nitrogen and oxygen atoms in total. The van der Waals surface area contributed by atoms with Crippen LogP contribution < -0.4 is 15.4 Å². The van der Waals surface area contributed by atoms with Crippen LogP contribution in [-0.4, -0.2) is 27.3 Å². The lowest BCUT2D eigenvalue weighted by atomic mass is 10.0. The number of hydrogen-bond acceptors (Lipinski definition) is 4. The third-order valence-electron chi connectivity index (χ3n) is 4.90. The summed E-state index contributed by atoms with van der Waals surface area (Å²) in [4.78, 5) is 24.7. The molecule has 3 rings (SSSR count). The number of amides is 2. The van der Waals surface area contributed by atoms with E-state index in [9.17, 15) is 31.2 Å². The van der Waals surface area contributed by atoms with Gasteiger partial charge >= 0.3 is 0 Å². The highest BCUT2D eigenvalue weighted by Crippen LogP contribution is 2.21. The van der Waals surface area contributed by atoms with Crippen molar-refractivity contribution in [2.24, 2.45) is 0 Å². The first-order chi connectivity index (χ1) is 16.0. The molecule has 0 aliphatic heterocycles. The van der Waals surface area contributed by atoms with Crippen LogP contribution in [0.5, 0.6) is 0 Å². The Bertz CT molecular complexity index is 1350. The van der Waals surface area contributed by atoms with Crippen molar-refractivity contribution in [3.63, 3.8) is 0 Å². The molecule has 0 saturated heterocycles. The second-order valence-electron chi connectivity index (χ2n) is 7.29. The Morgan fingerprint density at radius 3 is 2.09 bits per heavy atom. The number of likely N-dealkylation sites (N-methyl/N-ethyl adjacent to an activating group) is 1. The molecule has 3 aromatic rings. The van der Waals surface area contributed by atoms with Crippen molar-refractivity contribution in [3.8, 4) is 0 Å². The van der Waals surface area contributed by atoms with E-state index in [0.29, 0.717) is 0 Å². The first-order valence-electron chi connectivity index (χ1n) is 9.88. The smallest absolute Gasteiger partial charge is 0.261 e. The molecule has 1 atom stereocenters. The van der Waals surface area contributed by atoms with Crippen molar-refractivity contribution in [1.82, 2.24) is 10.6 Å². The van der Waals surface area contributed by atoms with Gasteiger partial charge in [-0.2, -0.15) is 0 Å². The SMILES string of the molecule is CNC(=O)C(NC(=O)c1ccc(NS(=O)(=O)c2ccc(F)c(C)c2)cc1)c1ccc(F)c(F)c1. The third kappa shape index (κ3) is 5.54. The lowest BCUT2D eigenvalue weighted by molar-refractivity contribution is -0.122. The lowest BCUT2D eigenvalue weighted by Crippen LogP contribution is -2.39. The molecular weight excluding hydrogens is 471 g/mol. The highest BCUT2D eigenvalue weighted by atomic mass is 32.2. The van der Waals surface area contributed by atoms with Crippen LogP contribution in [0, 0.1) is 24.4 Å². The summed E-state index contributed by atoms with van der Waals surface area (Å²) in [6.07, 6.45) is 0. The Balaban J connectivity index is 1.77. The largest absolute Gasteiger partial charge is 0.357 e. The summed E-state index contributed by atoms with van der Waals surface area (Å²) in [6, 6.07) is 10.2. The first-order valence-corrected chi connectivity index (χ1v) is 11.4. The molecule has 0 fully saturated rings. The Kier molecular flexibility index (Phi) is 7.26. The molecule has 1 unspecified atom stereocenters. The van der Waals surface area contributed by atoms with Crippen LogP contribution in [-0.2, 0) is 14.8 Å². The van der Waals surface area contributed by atoms with Gasteiger partial charge in [0.05, 0.1) is 4.90 Å². The number of halogens is 3. The fraction of sp³-hybridized carbons (Fsp3) is 0.130. The number of anilines is 1. The molecular formula is C23H20F3N3O4S. The number of nitrogens with one attached hydrogen (secondary N) is 3. The number of rotatable bonds is 7. The summed E-state index contributed by atoms with van der Waals surface area (Å²) in [6.45, 7) is 1.44. The number of benzene rings is 3. The average molecular weight is 491 g/mol. The predicted octanol–water partition coefficient (Wildman–Crippen LogP) is 3.43. The average Bonchev–Trinajstić information content (AvgIpc) is 2.80. The molecule has 0 aliphatic rings. The molecule has 0 heterocycles. The monoisotopic (exact) mass is 491 g/mol. The van der Waals surface area contributed by atoms with Crippen molar-refractivity contribution < 1.29 is 31.2 Å². The highest BCUT2D eigenvalue weighted by Gasteiger charge is 2.24. The second kappa shape index (κ2) is 9.96. The summed E-state index contributed by atoms with van der Waals surface area (Å²) < 4.78 is 67.7. The Morgan fingerprint density at radius 1 is 0.853 bits per heavy atom. The maximum Gasteiger partial charge on any atom is 0.261 e. The van der Waals surface area contributed by atoms with E-state index in [1.54, 1.807) is 0 Å². The molecule has 2 amide bonds. The molecule has 34 heavy (non-hydrogen) atoms. The van der Waals surface area contributed by atoms with Gasteiger partial charge in [-0.1, -0.05) is 6.07 Å². The van der Waals surface area contributed by atoms with Crippen molar-refractivity contribution in [2.75, 3.05) is 11.8 Å². The van der Waals surface area contributed by atoms with Gasteiger partial charge in [0.1, 0.15) is 11.9 Å². The standard InChI is InChI=1S/C23H20F3N3O4S/c1-13-11-17(8-10-18(13)24)34(32,33)29-16-6-3-14(4-7-16)22(30)28-21(23(31)27-2)15-5-9-19(25)20(26)12-15/h3-12,21,29H,1-2H3,(H,27,31)(H,28,30). The zero-order valence-electron chi connectivity index (χ0n) is 18.0. The minimum Gasteiger partial charge on any atom is -0.357 e. The third-order valence-corrected chi connectivity index (χ3v) is 6.28. The summed E-state index contributed by atoms with van der Waals surface area (Å²) in [5.74, 6) is -4.17. The van der Waals surface area contributed by atoms with E-state index in [2.05, 4.69) is 15.4 Å². The summed E-state index contributed by atoms with van der Waals surface area (Å²) in [5.41, 5.74) is 0.422. The predicted molar refractivity (Wildman–Crippen MR) is 119 cm³/mol. The van der Waals surface area contributed by atoms with Crippen LogP contribution in [0.1, 0.15) is 27.5 Å². The van der Waals surface area contributed by atoms with Gasteiger partial charge in [0, 0.05) is 18.3 Å². The van der Waals surface area contributed by atoms with Gasteiger partial charge in [-0.3, -0.25) is 14.3 Å². The molecule has 0 spiro atoms. The maximum absolute atomic E-state index is 13.6. The zero-order chi connectivity index (χ0) is 25.0. The molecule has 0 bridgehead atoms. The van der Waals surface area contributed by atoms with Crippen molar-refractivity contribution in [2.45, 2.75) is 17.9 Å². The van der Waals surface area contributed by atoms with Crippen LogP contribution in [0.15, 0.2) is 65.6 Å². The van der Waals surface area contributed by atoms with Gasteiger partial charge in [-0.15, -0.1) is 0 Å². The highest BCUT2D eigenvalue weighted by molar-refractivity contribution is 7.92. The number of carbonyl (C=O) groups is 2. The molecule has 0 aliphatic carbocycles. The van der Waals surface area contributed by atoms with E-state index in [1.807, 2.05) is 0 Å². The number of sulfonamides is 1. The summed E-state index contributed by atoms with van der Waals surface area (Å²) in [7, 11) is -2.67. The number of hydrogen-bond donors (Lipinski definition) is 3. The Labute approximate surface area is 194 Å². The summed E-state index contributed by atoms with van der Waals surface area (Å²) >= 11 is 0. The fourth-order valence-corrected chi connectivity index (χ4v) is 4.18. The van der Waals surface area contributed by atoms with Crippen molar-refractivity contribution >= 4 is 27.5 Å². The molecule has 0 radical (unpaired) electrons. The van der Waals surface area contributed by atoms with Crippen LogP contribution in [0.2, 0.25) is 0 Å². The summed E-state index contributed by atoms with van der Waals surface area (Å²) in [5, 5.41) is 4.78. The van der Waals surface area contributed by atoms with E-state index < -0.39 is 45.3 Å². The van der Waals surface area contributed by atoms with Gasteiger partial charge in [-0.25, -0.2) is 21.6 Å². The zero-order valence-corrected chi connectivity index (χ0v) is 18.8. The first kappa shape index (κ1) is 24.8. The quantitative estimate of drug-likeness (QED) is 0.471. The van der Waals surface area contributed by atoms with Gasteiger partial charge in [0.2, 0.25) is 5.91 Å². The Hall–Kier alpha value is -3.86. The fourth-order valence-electron chi connectivity index (χ4n) is 3.04. The van der Waals surface area contributed by atoms with Crippen LogP contribution >= 0.6 is 0 Å². The van der Waals surface area contributed by atoms with Crippen LogP contribution in [0.4, 0.5) is 18.9 Å². The van der Waals surface area contributed by atoms with E-state index in [1.165, 1.54) is 50.4 Å². The molecule has 0 aromatic heterocycles. The molecule has 0 saturated carbocycles. The molecule has 3 aromatic carbocycles. The lowest BCUT2D eigenvalue weighted by Gasteiger charge is -2.18. The van der Waals surface area contributed by atoms with Crippen LogP contribution in [0.25, 0.3) is 0 Å². The molecule has 11 heteroatoms. The minimum absolute atomic E-state index is 0.0329. The van der Waals surface area contributed by atoms with Crippen LogP contribution in [0.3, 0.4) is 0 Å². The van der Waals surface area contributed by atoms with Gasteiger partial charge in [-0.05, 0) is 72.6 Å². The minimum atomic E-state index is -4.00.